The van der Waals surface area contributed by atoms with Crippen molar-refractivity contribution < 1.29 is 9.90 Å². The summed E-state index contributed by atoms with van der Waals surface area (Å²) in [7, 11) is 1.78. The van der Waals surface area contributed by atoms with E-state index in [9.17, 15) is 9.90 Å². The van der Waals surface area contributed by atoms with Gasteiger partial charge in [-0.15, -0.1) is 5.10 Å². The minimum atomic E-state index is -0.335. The van der Waals surface area contributed by atoms with Crippen LogP contribution in [0.2, 0.25) is 0 Å². The minimum absolute atomic E-state index is 0.00294. The highest BCUT2D eigenvalue weighted by Crippen LogP contribution is 2.28. The van der Waals surface area contributed by atoms with Crippen molar-refractivity contribution in [1.82, 2.24) is 20.1 Å². The van der Waals surface area contributed by atoms with Gasteiger partial charge in [-0.1, -0.05) is 52.0 Å². The molecule has 0 radical (unpaired) electrons. The molecule has 0 aliphatic rings. The molecule has 0 saturated carbocycles. The predicted octanol–water partition coefficient (Wildman–Crippen LogP) is 4.08. The molecule has 1 aromatic heterocycles. The first kappa shape index (κ1) is 19.4. The van der Waals surface area contributed by atoms with Crippen molar-refractivity contribution in [3.63, 3.8) is 0 Å². The number of H-pyrrole nitrogens is 1. The number of aromatic hydroxyl groups is 1. The zero-order valence-electron chi connectivity index (χ0n) is 14.9. The number of phenols is 1. The summed E-state index contributed by atoms with van der Waals surface area (Å²) in [5.74, 6) is 0.596. The molecule has 0 saturated heterocycles. The highest BCUT2D eigenvalue weighted by Gasteiger charge is 2.21. The molecule has 0 spiro atoms. The van der Waals surface area contributed by atoms with E-state index in [0.717, 1.165) is 10.0 Å². The smallest absolute Gasteiger partial charge is 0.235 e. The third-order valence-corrected chi connectivity index (χ3v) is 5.44. The third kappa shape index (κ3) is 4.90. The van der Waals surface area contributed by atoms with E-state index in [1.54, 1.807) is 30.1 Å². The highest BCUT2D eigenvalue weighted by molar-refractivity contribution is 9.10. The predicted molar refractivity (Wildman–Crippen MR) is 109 cm³/mol. The Bertz CT molecular complexity index is 929. The molecule has 1 heterocycles. The Morgan fingerprint density at radius 3 is 2.67 bits per heavy atom. The van der Waals surface area contributed by atoms with E-state index in [2.05, 4.69) is 31.1 Å². The number of aromatic amines is 1. The SMILES string of the molecule is CC(Sc1n[nH]c(-c2ccccc2O)n1)C(=O)N(C)Cc1ccc(Br)cc1. The number of thioether (sulfide) groups is 1. The van der Waals surface area contributed by atoms with Crippen molar-refractivity contribution in [1.29, 1.82) is 0 Å². The van der Waals surface area contributed by atoms with Gasteiger partial charge in [0.15, 0.2) is 5.82 Å². The van der Waals surface area contributed by atoms with Crippen molar-refractivity contribution in [2.45, 2.75) is 23.9 Å². The molecule has 0 aliphatic heterocycles. The number of nitrogens with zero attached hydrogens (tertiary/aromatic N) is 3. The van der Waals surface area contributed by atoms with Crippen LogP contribution in [0.5, 0.6) is 5.75 Å². The molecule has 2 N–H and O–H groups in total. The summed E-state index contributed by atoms with van der Waals surface area (Å²) in [5.41, 5.74) is 1.63. The molecule has 3 rings (SSSR count). The van der Waals surface area contributed by atoms with Gasteiger partial charge in [0.1, 0.15) is 5.75 Å². The van der Waals surface area contributed by atoms with Crippen molar-refractivity contribution in [3.05, 3.63) is 58.6 Å². The Kier molecular flexibility index (Phi) is 6.18. The van der Waals surface area contributed by atoms with Crippen LogP contribution in [-0.4, -0.2) is 43.4 Å². The van der Waals surface area contributed by atoms with Gasteiger partial charge in [-0.2, -0.15) is 0 Å². The summed E-state index contributed by atoms with van der Waals surface area (Å²) in [6.45, 7) is 2.37. The fraction of sp³-hybridized carbons (Fsp3) is 0.211. The molecule has 6 nitrogen and oxygen atoms in total. The molecule has 1 unspecified atom stereocenters. The maximum Gasteiger partial charge on any atom is 0.235 e. The second-order valence-corrected chi connectivity index (χ2v) is 8.29. The number of hydrogen-bond acceptors (Lipinski definition) is 5. The normalized spacial score (nSPS) is 12.0. The van der Waals surface area contributed by atoms with Gasteiger partial charge in [0.2, 0.25) is 11.1 Å². The average molecular weight is 447 g/mol. The van der Waals surface area contributed by atoms with Crippen LogP contribution in [0.1, 0.15) is 12.5 Å². The van der Waals surface area contributed by atoms with Crippen LogP contribution >= 0.6 is 27.7 Å². The standard InChI is InChI=1S/C19H19BrN4O2S/c1-12(18(26)24(2)11-13-7-9-14(20)10-8-13)27-19-21-17(22-23-19)15-5-3-4-6-16(15)25/h3-10,12,25H,11H2,1-2H3,(H,21,22,23). The second-order valence-electron chi connectivity index (χ2n) is 6.06. The summed E-state index contributed by atoms with van der Waals surface area (Å²) >= 11 is 4.69. The second kappa shape index (κ2) is 8.58. The first-order valence-electron chi connectivity index (χ1n) is 8.31. The number of rotatable bonds is 6. The van der Waals surface area contributed by atoms with Crippen molar-refractivity contribution in [2.75, 3.05) is 7.05 Å². The number of phenolic OH excluding ortho intramolecular Hbond substituents is 1. The lowest BCUT2D eigenvalue weighted by atomic mass is 10.2. The van der Waals surface area contributed by atoms with Crippen molar-refractivity contribution >= 4 is 33.6 Å². The Morgan fingerprint density at radius 2 is 1.96 bits per heavy atom. The lowest BCUT2D eigenvalue weighted by Crippen LogP contribution is -2.32. The number of benzene rings is 2. The molecule has 3 aromatic rings. The summed E-state index contributed by atoms with van der Waals surface area (Å²) in [6, 6.07) is 14.8. The number of aromatic nitrogens is 3. The van der Waals surface area contributed by atoms with Crippen LogP contribution in [0.25, 0.3) is 11.4 Å². The molecule has 0 aliphatic carbocycles. The van der Waals surface area contributed by atoms with E-state index >= 15 is 0 Å². The molecule has 0 bridgehead atoms. The lowest BCUT2D eigenvalue weighted by molar-refractivity contribution is -0.129. The zero-order valence-corrected chi connectivity index (χ0v) is 17.3. The Hall–Kier alpha value is -2.32. The maximum absolute atomic E-state index is 12.6. The van der Waals surface area contributed by atoms with Crippen LogP contribution in [0.15, 0.2) is 58.2 Å². The van der Waals surface area contributed by atoms with Crippen LogP contribution in [0.3, 0.4) is 0 Å². The molecule has 8 heteroatoms. The molecule has 1 amide bonds. The lowest BCUT2D eigenvalue weighted by Gasteiger charge is -2.20. The van der Waals surface area contributed by atoms with Crippen molar-refractivity contribution in [2.24, 2.45) is 0 Å². The van der Waals surface area contributed by atoms with Gasteiger partial charge in [0.05, 0.1) is 10.8 Å². The molecule has 27 heavy (non-hydrogen) atoms. The fourth-order valence-electron chi connectivity index (χ4n) is 2.55. The summed E-state index contributed by atoms with van der Waals surface area (Å²) in [6.07, 6.45) is 0. The van der Waals surface area contributed by atoms with E-state index in [0.29, 0.717) is 23.1 Å². The Labute approximate surface area is 170 Å². The fourth-order valence-corrected chi connectivity index (χ4v) is 3.66. The first-order valence-corrected chi connectivity index (χ1v) is 9.98. The summed E-state index contributed by atoms with van der Waals surface area (Å²) < 4.78 is 1.01. The zero-order chi connectivity index (χ0) is 19.4. The van der Waals surface area contributed by atoms with Gasteiger partial charge in [-0.3, -0.25) is 9.89 Å². The Balaban J connectivity index is 1.63. The minimum Gasteiger partial charge on any atom is -0.507 e. The number of hydrogen-bond donors (Lipinski definition) is 2. The topological polar surface area (TPSA) is 82.1 Å². The molecule has 140 valence electrons. The van der Waals surface area contributed by atoms with Crippen molar-refractivity contribution in [3.8, 4) is 17.1 Å². The van der Waals surface area contributed by atoms with Gasteiger partial charge < -0.3 is 10.0 Å². The van der Waals surface area contributed by atoms with E-state index < -0.39 is 0 Å². The van der Waals surface area contributed by atoms with Gasteiger partial charge in [-0.05, 0) is 36.8 Å². The Morgan fingerprint density at radius 1 is 1.26 bits per heavy atom. The number of para-hydroxylation sites is 1. The largest absolute Gasteiger partial charge is 0.507 e. The average Bonchev–Trinajstić information content (AvgIpc) is 3.11. The first-order chi connectivity index (χ1) is 12.9. The molecule has 0 fully saturated rings. The number of amides is 1. The number of carbonyl (C=O) groups is 1. The van der Waals surface area contributed by atoms with E-state index in [4.69, 9.17) is 0 Å². The molecular formula is C19H19BrN4O2S. The van der Waals surface area contributed by atoms with E-state index in [-0.39, 0.29) is 16.9 Å². The van der Waals surface area contributed by atoms with Crippen LogP contribution in [0.4, 0.5) is 0 Å². The monoisotopic (exact) mass is 446 g/mol. The number of nitrogens with one attached hydrogen (secondary N) is 1. The summed E-state index contributed by atoms with van der Waals surface area (Å²) in [4.78, 5) is 18.7. The van der Waals surface area contributed by atoms with E-state index in [1.807, 2.05) is 37.3 Å². The van der Waals surface area contributed by atoms with Gasteiger partial charge in [0.25, 0.3) is 0 Å². The molecule has 1 atom stereocenters. The van der Waals surface area contributed by atoms with Gasteiger partial charge in [-0.25, -0.2) is 4.98 Å². The van der Waals surface area contributed by atoms with Crippen LogP contribution in [0, 0.1) is 0 Å². The third-order valence-electron chi connectivity index (χ3n) is 3.96. The van der Waals surface area contributed by atoms with Gasteiger partial charge >= 0.3 is 0 Å². The maximum atomic E-state index is 12.6. The number of halogens is 1. The number of carbonyl (C=O) groups excluding carboxylic acids is 1. The molecular weight excluding hydrogens is 428 g/mol. The highest BCUT2D eigenvalue weighted by atomic mass is 79.9. The van der Waals surface area contributed by atoms with Crippen LogP contribution in [-0.2, 0) is 11.3 Å². The molecule has 2 aromatic carbocycles. The van der Waals surface area contributed by atoms with E-state index in [1.165, 1.54) is 11.8 Å². The van der Waals surface area contributed by atoms with Crippen LogP contribution < -0.4 is 0 Å². The van der Waals surface area contributed by atoms with Gasteiger partial charge in [0, 0.05) is 18.1 Å². The summed E-state index contributed by atoms with van der Waals surface area (Å²) in [5, 5.41) is 17.0. The quantitative estimate of drug-likeness (QED) is 0.557.